The molecule has 0 fully saturated rings. The highest BCUT2D eigenvalue weighted by Gasteiger charge is 2.19. The van der Waals surface area contributed by atoms with E-state index in [4.69, 9.17) is 8.83 Å². The average molecular weight is 336 g/mol. The molecular formula is C23H12O3. The molecule has 0 saturated carbocycles. The van der Waals surface area contributed by atoms with Crippen molar-refractivity contribution in [1.82, 2.24) is 0 Å². The molecule has 0 aliphatic carbocycles. The zero-order chi connectivity index (χ0) is 17.3. The molecule has 6 aromatic rings. The van der Waals surface area contributed by atoms with Crippen molar-refractivity contribution < 1.29 is 8.83 Å². The molecule has 2 aromatic heterocycles. The van der Waals surface area contributed by atoms with Crippen LogP contribution >= 0.6 is 0 Å². The molecule has 3 nitrogen and oxygen atoms in total. The van der Waals surface area contributed by atoms with E-state index in [9.17, 15) is 4.79 Å². The third-order valence-corrected chi connectivity index (χ3v) is 5.14. The second-order valence-corrected chi connectivity index (χ2v) is 6.50. The van der Waals surface area contributed by atoms with Crippen LogP contribution < -0.4 is 5.43 Å². The fourth-order valence-corrected chi connectivity index (χ4v) is 3.98. The topological polar surface area (TPSA) is 43.4 Å². The van der Waals surface area contributed by atoms with Crippen LogP contribution in [0.2, 0.25) is 0 Å². The van der Waals surface area contributed by atoms with Gasteiger partial charge in [0.05, 0.1) is 11.6 Å². The van der Waals surface area contributed by atoms with Gasteiger partial charge in [0.25, 0.3) is 0 Å². The Bertz CT molecular complexity index is 1550. The van der Waals surface area contributed by atoms with Crippen LogP contribution in [-0.2, 0) is 0 Å². The molecule has 0 amide bonds. The minimum Gasteiger partial charge on any atom is -0.463 e. The van der Waals surface area contributed by atoms with Crippen molar-refractivity contribution >= 4 is 54.5 Å². The summed E-state index contributed by atoms with van der Waals surface area (Å²) >= 11 is 0. The summed E-state index contributed by atoms with van der Waals surface area (Å²) in [7, 11) is 0. The van der Waals surface area contributed by atoms with Crippen molar-refractivity contribution in [2.45, 2.75) is 0 Å². The van der Waals surface area contributed by atoms with Gasteiger partial charge in [-0.1, -0.05) is 48.5 Å². The van der Waals surface area contributed by atoms with Crippen molar-refractivity contribution in [3.05, 3.63) is 83.2 Å². The van der Waals surface area contributed by atoms with Crippen LogP contribution in [0.25, 0.3) is 54.5 Å². The Hall–Kier alpha value is -3.59. The van der Waals surface area contributed by atoms with Crippen LogP contribution in [-0.4, -0.2) is 0 Å². The summed E-state index contributed by atoms with van der Waals surface area (Å²) < 4.78 is 12.0. The zero-order valence-corrected chi connectivity index (χ0v) is 13.7. The van der Waals surface area contributed by atoms with Crippen molar-refractivity contribution in [2.75, 3.05) is 0 Å². The van der Waals surface area contributed by atoms with Gasteiger partial charge in [0.15, 0.2) is 5.58 Å². The molecule has 6 rings (SSSR count). The maximum absolute atomic E-state index is 13.3. The summed E-state index contributed by atoms with van der Waals surface area (Å²) in [6.07, 6.45) is 1.63. The third-order valence-electron chi connectivity index (χ3n) is 5.14. The maximum Gasteiger partial charge on any atom is 0.204 e. The summed E-state index contributed by atoms with van der Waals surface area (Å²) in [5, 5.41) is 6.16. The molecule has 122 valence electrons. The third kappa shape index (κ3) is 1.60. The normalized spacial score (nSPS) is 12.0. The fourth-order valence-electron chi connectivity index (χ4n) is 3.98. The van der Waals surface area contributed by atoms with Crippen LogP contribution in [0.1, 0.15) is 0 Å². The Morgan fingerprint density at radius 2 is 1.42 bits per heavy atom. The summed E-state index contributed by atoms with van der Waals surface area (Å²) in [5.74, 6) is 0. The minimum absolute atomic E-state index is 0.0587. The lowest BCUT2D eigenvalue weighted by molar-refractivity contribution is 0.617. The Kier molecular flexibility index (Phi) is 2.49. The van der Waals surface area contributed by atoms with Crippen LogP contribution in [0, 0.1) is 0 Å². The van der Waals surface area contributed by atoms with Crippen LogP contribution in [0.4, 0.5) is 0 Å². The maximum atomic E-state index is 13.3. The molecular weight excluding hydrogens is 324 g/mol. The van der Waals surface area contributed by atoms with Gasteiger partial charge in [0.2, 0.25) is 5.43 Å². The van der Waals surface area contributed by atoms with Crippen LogP contribution in [0.5, 0.6) is 0 Å². The Labute approximate surface area is 147 Å². The van der Waals surface area contributed by atoms with E-state index in [2.05, 4.69) is 24.3 Å². The number of furan rings is 1. The highest BCUT2D eigenvalue weighted by Crippen LogP contribution is 2.39. The van der Waals surface area contributed by atoms with E-state index >= 15 is 0 Å². The predicted octanol–water partition coefficient (Wildman–Crippen LogP) is 6.00. The number of hydrogen-bond acceptors (Lipinski definition) is 3. The monoisotopic (exact) mass is 336 g/mol. The number of benzene rings is 4. The second-order valence-electron chi connectivity index (χ2n) is 6.50. The van der Waals surface area contributed by atoms with E-state index in [1.807, 2.05) is 36.4 Å². The van der Waals surface area contributed by atoms with Gasteiger partial charge in [0, 0.05) is 10.8 Å². The van der Waals surface area contributed by atoms with Crippen LogP contribution in [0.3, 0.4) is 0 Å². The zero-order valence-electron chi connectivity index (χ0n) is 13.7. The van der Waals surface area contributed by atoms with E-state index in [1.54, 1.807) is 12.3 Å². The van der Waals surface area contributed by atoms with Crippen molar-refractivity contribution in [1.29, 1.82) is 0 Å². The minimum atomic E-state index is -0.0587. The lowest BCUT2D eigenvalue weighted by Gasteiger charge is -2.09. The van der Waals surface area contributed by atoms with Gasteiger partial charge in [-0.25, -0.2) is 0 Å². The van der Waals surface area contributed by atoms with Gasteiger partial charge < -0.3 is 8.83 Å². The van der Waals surface area contributed by atoms with Crippen molar-refractivity contribution in [3.8, 4) is 0 Å². The summed E-state index contributed by atoms with van der Waals surface area (Å²) in [5.41, 5.74) is 1.70. The molecule has 26 heavy (non-hydrogen) atoms. The van der Waals surface area contributed by atoms with E-state index in [1.165, 1.54) is 0 Å². The summed E-state index contributed by atoms with van der Waals surface area (Å²) in [4.78, 5) is 13.3. The molecule has 0 unspecified atom stereocenters. The largest absolute Gasteiger partial charge is 0.463 e. The molecule has 0 spiro atoms. The first-order chi connectivity index (χ1) is 12.8. The molecule has 0 aliphatic heterocycles. The molecule has 0 aliphatic rings. The molecule has 0 atom stereocenters. The first-order valence-corrected chi connectivity index (χ1v) is 8.49. The Morgan fingerprint density at radius 3 is 2.35 bits per heavy atom. The summed E-state index contributed by atoms with van der Waals surface area (Å²) in [6, 6.07) is 21.6. The van der Waals surface area contributed by atoms with E-state index in [0.717, 1.165) is 26.9 Å². The van der Waals surface area contributed by atoms with Gasteiger partial charge in [-0.2, -0.15) is 0 Å². The van der Waals surface area contributed by atoms with E-state index < -0.39 is 0 Å². The average Bonchev–Trinajstić information content (AvgIpc) is 3.17. The number of hydrogen-bond donors (Lipinski definition) is 0. The Morgan fingerprint density at radius 1 is 0.615 bits per heavy atom. The molecule has 4 aromatic carbocycles. The van der Waals surface area contributed by atoms with Gasteiger partial charge in [-0.3, -0.25) is 4.79 Å². The summed E-state index contributed by atoms with van der Waals surface area (Å²) in [6.45, 7) is 0. The first-order valence-electron chi connectivity index (χ1n) is 8.49. The first kappa shape index (κ1) is 13.7. The van der Waals surface area contributed by atoms with Crippen molar-refractivity contribution in [3.63, 3.8) is 0 Å². The smallest absolute Gasteiger partial charge is 0.204 e. The predicted molar refractivity (Wildman–Crippen MR) is 105 cm³/mol. The number of rotatable bonds is 0. The number of para-hydroxylation sites is 1. The van der Waals surface area contributed by atoms with Gasteiger partial charge in [-0.15, -0.1) is 0 Å². The van der Waals surface area contributed by atoms with E-state index in [0.29, 0.717) is 27.5 Å². The molecule has 0 N–H and O–H groups in total. The van der Waals surface area contributed by atoms with Gasteiger partial charge in [0.1, 0.15) is 16.6 Å². The van der Waals surface area contributed by atoms with Crippen molar-refractivity contribution in [2.24, 2.45) is 0 Å². The highest BCUT2D eigenvalue weighted by molar-refractivity contribution is 6.29. The number of fused-ring (bicyclic) bond motifs is 9. The quantitative estimate of drug-likeness (QED) is 0.252. The molecule has 3 heteroatoms. The van der Waals surface area contributed by atoms with Crippen LogP contribution in [0.15, 0.2) is 86.6 Å². The van der Waals surface area contributed by atoms with E-state index in [-0.39, 0.29) is 5.43 Å². The SMILES string of the molecule is O=c1c2ccccc2oc2c1c1occc1c1ccc3ccccc3c12. The molecule has 0 saturated heterocycles. The molecule has 0 bridgehead atoms. The lowest BCUT2D eigenvalue weighted by atomic mass is 9.96. The fraction of sp³-hybridized carbons (Fsp3) is 0. The Balaban J connectivity index is 2.08. The molecule has 2 heterocycles. The second kappa shape index (κ2) is 4.73. The highest BCUT2D eigenvalue weighted by atomic mass is 16.3. The standard InChI is InChI=1S/C23H12O3/c24-21-17-7-3-4-8-18(17)26-23-19-14-6-2-1-5-13(14)9-10-15(19)16-11-12-25-22(16)20(21)23/h1-12H. The van der Waals surface area contributed by atoms with Gasteiger partial charge >= 0.3 is 0 Å². The van der Waals surface area contributed by atoms with Gasteiger partial charge in [-0.05, 0) is 34.4 Å². The molecule has 0 radical (unpaired) electrons. The lowest BCUT2D eigenvalue weighted by Crippen LogP contribution is -2.02.